The largest absolute Gasteiger partial charge is 0.452 e. The average Bonchev–Trinajstić information content (AvgIpc) is 2.68. The zero-order chi connectivity index (χ0) is 19.8. The third kappa shape index (κ3) is 5.07. The van der Waals surface area contributed by atoms with Gasteiger partial charge >= 0.3 is 12.2 Å². The number of methoxy groups -OCH3 is 2. The lowest BCUT2D eigenvalue weighted by Gasteiger charge is -2.20. The predicted octanol–water partition coefficient (Wildman–Crippen LogP) is 4.28. The first-order chi connectivity index (χ1) is 13.0. The highest BCUT2D eigenvalue weighted by atomic mass is 16.6. The Kier molecular flexibility index (Phi) is 6.93. The fourth-order valence-electron chi connectivity index (χ4n) is 2.43. The van der Waals surface area contributed by atoms with Gasteiger partial charge in [0.15, 0.2) is 0 Å². The third-order valence-corrected chi connectivity index (χ3v) is 3.80. The first-order valence-electron chi connectivity index (χ1n) is 8.25. The van der Waals surface area contributed by atoms with E-state index in [-0.39, 0.29) is 6.61 Å². The van der Waals surface area contributed by atoms with Gasteiger partial charge in [0.2, 0.25) is 0 Å². The second-order valence-electron chi connectivity index (χ2n) is 5.72. The molecule has 2 rings (SSSR count). The van der Waals surface area contributed by atoms with Gasteiger partial charge in [0.25, 0.3) is 0 Å². The number of hydrogen-bond acceptors (Lipinski definition) is 6. The van der Waals surface area contributed by atoms with Gasteiger partial charge < -0.3 is 14.3 Å². The number of ether oxygens (including phenoxy) is 2. The summed E-state index contributed by atoms with van der Waals surface area (Å²) < 4.78 is 9.35. The summed E-state index contributed by atoms with van der Waals surface area (Å²) in [5, 5.41) is 4.13. The van der Waals surface area contributed by atoms with Crippen LogP contribution in [-0.4, -0.2) is 32.1 Å². The number of carbonyl (C=O) groups excluding carboxylic acids is 2. The normalized spacial score (nSPS) is 10.9. The van der Waals surface area contributed by atoms with Crippen molar-refractivity contribution >= 4 is 23.6 Å². The lowest BCUT2D eigenvalue weighted by Crippen LogP contribution is -2.37. The summed E-state index contributed by atoms with van der Waals surface area (Å²) in [5.41, 5.74) is 3.68. The van der Waals surface area contributed by atoms with Crippen LogP contribution in [0.3, 0.4) is 0 Å². The van der Waals surface area contributed by atoms with Crippen LogP contribution in [0.5, 0.6) is 0 Å². The van der Waals surface area contributed by atoms with E-state index >= 15 is 0 Å². The Morgan fingerprint density at radius 3 is 2.30 bits per heavy atom. The van der Waals surface area contributed by atoms with E-state index in [9.17, 15) is 9.59 Å². The summed E-state index contributed by atoms with van der Waals surface area (Å²) in [7, 11) is 2.37. The molecule has 0 N–H and O–H groups in total. The van der Waals surface area contributed by atoms with Crippen LogP contribution in [0.2, 0.25) is 0 Å². The van der Waals surface area contributed by atoms with E-state index in [4.69, 9.17) is 4.84 Å². The molecule has 0 saturated heterocycles. The number of nitrogens with zero attached hydrogens (tertiary/aromatic N) is 2. The Balaban J connectivity index is 2.21. The minimum Gasteiger partial charge on any atom is -0.452 e. The van der Waals surface area contributed by atoms with E-state index < -0.39 is 12.2 Å². The van der Waals surface area contributed by atoms with Crippen molar-refractivity contribution in [1.29, 1.82) is 0 Å². The lowest BCUT2D eigenvalue weighted by atomic mass is 10.1. The standard InChI is InChI=1S/C20H22N2O5/c1-14-8-7-10-16(12-14)15(2)21-27-13-17-9-5-6-11-18(17)22(19(23)25-3)20(24)26-4/h5-12H,13H2,1-4H3/b21-15+. The molecule has 27 heavy (non-hydrogen) atoms. The molecular formula is C20H22N2O5. The summed E-state index contributed by atoms with van der Waals surface area (Å²) in [6.45, 7) is 3.90. The molecule has 0 unspecified atom stereocenters. The number of aryl methyl sites for hydroxylation is 1. The molecule has 0 saturated carbocycles. The number of amides is 2. The topological polar surface area (TPSA) is 77.4 Å². The zero-order valence-corrected chi connectivity index (χ0v) is 15.8. The molecular weight excluding hydrogens is 348 g/mol. The van der Waals surface area contributed by atoms with Gasteiger partial charge in [-0.05, 0) is 25.5 Å². The van der Waals surface area contributed by atoms with Gasteiger partial charge in [0.05, 0.1) is 25.6 Å². The molecule has 0 radical (unpaired) electrons. The van der Waals surface area contributed by atoms with Crippen LogP contribution in [0.4, 0.5) is 15.3 Å². The minimum absolute atomic E-state index is 0.0593. The number of hydrogen-bond donors (Lipinski definition) is 0. The number of carbonyl (C=O) groups is 2. The van der Waals surface area contributed by atoms with Crippen molar-refractivity contribution in [3.63, 3.8) is 0 Å². The molecule has 7 heteroatoms. The van der Waals surface area contributed by atoms with E-state index in [2.05, 4.69) is 14.6 Å². The summed E-state index contributed by atoms with van der Waals surface area (Å²) in [6, 6.07) is 14.7. The molecule has 0 atom stereocenters. The molecule has 0 aliphatic carbocycles. The molecule has 0 aliphatic heterocycles. The van der Waals surface area contributed by atoms with Crippen molar-refractivity contribution in [1.82, 2.24) is 0 Å². The maximum Gasteiger partial charge on any atom is 0.423 e. The average molecular weight is 370 g/mol. The monoisotopic (exact) mass is 370 g/mol. The van der Waals surface area contributed by atoms with Crippen molar-refractivity contribution in [3.8, 4) is 0 Å². The fraction of sp³-hybridized carbons (Fsp3) is 0.250. The summed E-state index contributed by atoms with van der Waals surface area (Å²) in [6.07, 6.45) is -1.71. The van der Waals surface area contributed by atoms with E-state index in [1.165, 1.54) is 14.2 Å². The first-order valence-corrected chi connectivity index (χ1v) is 8.25. The number of para-hydroxylation sites is 1. The van der Waals surface area contributed by atoms with E-state index in [1.54, 1.807) is 24.3 Å². The van der Waals surface area contributed by atoms with Gasteiger partial charge in [-0.1, -0.05) is 53.2 Å². The first kappa shape index (κ1) is 20.0. The Morgan fingerprint density at radius 1 is 1.00 bits per heavy atom. The predicted molar refractivity (Wildman–Crippen MR) is 102 cm³/mol. The van der Waals surface area contributed by atoms with E-state index in [1.807, 2.05) is 38.1 Å². The molecule has 7 nitrogen and oxygen atoms in total. The van der Waals surface area contributed by atoms with Crippen molar-refractivity contribution in [2.24, 2.45) is 5.16 Å². The van der Waals surface area contributed by atoms with Gasteiger partial charge in [0.1, 0.15) is 6.61 Å². The Hall–Kier alpha value is -3.35. The highest BCUT2D eigenvalue weighted by Crippen LogP contribution is 2.23. The summed E-state index contributed by atoms with van der Waals surface area (Å²) >= 11 is 0. The highest BCUT2D eigenvalue weighted by molar-refractivity contribution is 6.09. The molecule has 2 aromatic rings. The quantitative estimate of drug-likeness (QED) is 0.580. The van der Waals surface area contributed by atoms with Crippen LogP contribution in [0.25, 0.3) is 0 Å². The second kappa shape index (κ2) is 9.38. The van der Waals surface area contributed by atoms with Crippen LogP contribution >= 0.6 is 0 Å². The smallest absolute Gasteiger partial charge is 0.423 e. The van der Waals surface area contributed by atoms with Crippen LogP contribution in [0, 0.1) is 6.92 Å². The Morgan fingerprint density at radius 2 is 1.67 bits per heavy atom. The van der Waals surface area contributed by atoms with Crippen molar-refractivity contribution in [3.05, 3.63) is 65.2 Å². The SMILES string of the molecule is COC(=O)N(C(=O)OC)c1ccccc1CO/N=C(\C)c1cccc(C)c1. The molecule has 0 aromatic heterocycles. The minimum atomic E-state index is -0.853. The Bertz CT molecular complexity index is 832. The summed E-state index contributed by atoms with van der Waals surface area (Å²) in [5.74, 6) is 0. The molecule has 2 amide bonds. The van der Waals surface area contributed by atoms with Gasteiger partial charge in [-0.3, -0.25) is 0 Å². The molecule has 0 fully saturated rings. The maximum atomic E-state index is 12.0. The van der Waals surface area contributed by atoms with Crippen molar-refractivity contribution in [2.75, 3.05) is 19.1 Å². The van der Waals surface area contributed by atoms with Crippen LogP contribution in [0.15, 0.2) is 53.7 Å². The Labute approximate surface area is 158 Å². The van der Waals surface area contributed by atoms with Crippen molar-refractivity contribution < 1.29 is 23.9 Å². The number of benzene rings is 2. The number of rotatable bonds is 5. The van der Waals surface area contributed by atoms with Crippen molar-refractivity contribution in [2.45, 2.75) is 20.5 Å². The maximum absolute atomic E-state index is 12.0. The molecule has 142 valence electrons. The molecule has 0 heterocycles. The zero-order valence-electron chi connectivity index (χ0n) is 15.8. The molecule has 2 aromatic carbocycles. The van der Waals surface area contributed by atoms with Gasteiger partial charge in [-0.25, -0.2) is 9.59 Å². The third-order valence-electron chi connectivity index (χ3n) is 3.80. The summed E-state index contributed by atoms with van der Waals surface area (Å²) in [4.78, 5) is 30.2. The lowest BCUT2D eigenvalue weighted by molar-refractivity contribution is 0.130. The number of oxime groups is 1. The molecule has 0 aliphatic rings. The van der Waals surface area contributed by atoms with Gasteiger partial charge in [-0.15, -0.1) is 0 Å². The molecule has 0 spiro atoms. The number of anilines is 1. The van der Waals surface area contributed by atoms with E-state index in [0.717, 1.165) is 16.0 Å². The van der Waals surface area contributed by atoms with Crippen LogP contribution < -0.4 is 4.90 Å². The fourth-order valence-corrected chi connectivity index (χ4v) is 2.43. The molecule has 0 bridgehead atoms. The van der Waals surface area contributed by atoms with Gasteiger partial charge in [-0.2, -0.15) is 4.90 Å². The van der Waals surface area contributed by atoms with Crippen LogP contribution in [0.1, 0.15) is 23.6 Å². The van der Waals surface area contributed by atoms with E-state index in [0.29, 0.717) is 17.0 Å². The highest BCUT2D eigenvalue weighted by Gasteiger charge is 2.27. The second-order valence-corrected chi connectivity index (χ2v) is 5.72. The van der Waals surface area contributed by atoms with Crippen LogP contribution in [-0.2, 0) is 20.9 Å². The van der Waals surface area contributed by atoms with Gasteiger partial charge in [0, 0.05) is 5.56 Å². The number of imide groups is 1.